The number of carbonyl (C=O) groups is 1. The monoisotopic (exact) mass is 328 g/mol. The predicted octanol–water partition coefficient (Wildman–Crippen LogP) is 2.30. The summed E-state index contributed by atoms with van der Waals surface area (Å²) in [5, 5.41) is 2.52. The van der Waals surface area contributed by atoms with Crippen LogP contribution in [0.4, 0.5) is 0 Å². The standard InChI is InChI=1S/C18H24N4O2/c1-14-5-3-8-20(14)9-4-12-24-22-11-10-21-16(18(22)23)13-15-6-2-7-19-17(15)21/h2,6-7,13-14H,3-5,8-12H2,1H3/t14-/m1/s1. The van der Waals surface area contributed by atoms with Crippen LogP contribution in [-0.4, -0.2) is 57.7 Å². The Hall–Kier alpha value is -1.92. The molecule has 2 aromatic rings. The number of hydrogen-bond donors (Lipinski definition) is 0. The van der Waals surface area contributed by atoms with Crippen molar-refractivity contribution in [2.75, 3.05) is 26.2 Å². The maximum atomic E-state index is 12.6. The third kappa shape index (κ3) is 2.80. The minimum atomic E-state index is -0.0613. The first kappa shape index (κ1) is 15.6. The molecule has 0 aromatic carbocycles. The number of amides is 1. The van der Waals surface area contributed by atoms with Gasteiger partial charge in [-0.2, -0.15) is 0 Å². The first-order chi connectivity index (χ1) is 11.7. The summed E-state index contributed by atoms with van der Waals surface area (Å²) in [6, 6.07) is 6.48. The summed E-state index contributed by atoms with van der Waals surface area (Å²) >= 11 is 0. The lowest BCUT2D eigenvalue weighted by atomic mass is 10.2. The molecule has 1 saturated heterocycles. The molecule has 24 heavy (non-hydrogen) atoms. The Morgan fingerprint density at radius 2 is 2.25 bits per heavy atom. The van der Waals surface area contributed by atoms with Crippen molar-refractivity contribution in [3.8, 4) is 0 Å². The van der Waals surface area contributed by atoms with Gasteiger partial charge in [0.05, 0.1) is 13.2 Å². The molecule has 0 radical (unpaired) electrons. The van der Waals surface area contributed by atoms with Crippen molar-refractivity contribution in [2.45, 2.75) is 38.8 Å². The minimum absolute atomic E-state index is 0.0613. The molecule has 0 unspecified atom stereocenters. The van der Waals surface area contributed by atoms with Gasteiger partial charge in [0.15, 0.2) is 0 Å². The molecule has 4 rings (SSSR count). The van der Waals surface area contributed by atoms with Crippen LogP contribution in [0.3, 0.4) is 0 Å². The third-order valence-corrected chi connectivity index (χ3v) is 5.16. The Morgan fingerprint density at radius 3 is 3.08 bits per heavy atom. The topological polar surface area (TPSA) is 50.6 Å². The quantitative estimate of drug-likeness (QED) is 0.790. The van der Waals surface area contributed by atoms with Gasteiger partial charge < -0.3 is 9.47 Å². The maximum Gasteiger partial charge on any atom is 0.294 e. The van der Waals surface area contributed by atoms with Crippen molar-refractivity contribution in [1.29, 1.82) is 0 Å². The third-order valence-electron chi connectivity index (χ3n) is 5.16. The zero-order valence-corrected chi connectivity index (χ0v) is 14.1. The Morgan fingerprint density at radius 1 is 1.33 bits per heavy atom. The summed E-state index contributed by atoms with van der Waals surface area (Å²) in [4.78, 5) is 25.3. The molecule has 4 heterocycles. The van der Waals surface area contributed by atoms with Crippen LogP contribution in [0.5, 0.6) is 0 Å². The van der Waals surface area contributed by atoms with Crippen molar-refractivity contribution in [3.63, 3.8) is 0 Å². The molecule has 0 saturated carbocycles. The maximum absolute atomic E-state index is 12.6. The summed E-state index contributed by atoms with van der Waals surface area (Å²) in [7, 11) is 0. The fourth-order valence-corrected chi connectivity index (χ4v) is 3.80. The van der Waals surface area contributed by atoms with Gasteiger partial charge in [0, 0.05) is 30.7 Å². The zero-order valence-electron chi connectivity index (χ0n) is 14.1. The molecule has 1 amide bonds. The van der Waals surface area contributed by atoms with Crippen LogP contribution in [0, 0.1) is 0 Å². The minimum Gasteiger partial charge on any atom is -0.319 e. The van der Waals surface area contributed by atoms with E-state index in [4.69, 9.17) is 4.84 Å². The van der Waals surface area contributed by atoms with E-state index in [0.29, 0.717) is 24.9 Å². The van der Waals surface area contributed by atoms with Crippen molar-refractivity contribution in [3.05, 3.63) is 30.1 Å². The highest BCUT2D eigenvalue weighted by Crippen LogP contribution is 2.22. The van der Waals surface area contributed by atoms with Crippen molar-refractivity contribution in [1.82, 2.24) is 19.5 Å². The second-order valence-corrected chi connectivity index (χ2v) is 6.72. The van der Waals surface area contributed by atoms with Gasteiger partial charge >= 0.3 is 0 Å². The van der Waals surface area contributed by atoms with Crippen LogP contribution in [0.25, 0.3) is 11.0 Å². The average Bonchev–Trinajstić information content (AvgIpc) is 3.17. The fourth-order valence-electron chi connectivity index (χ4n) is 3.80. The summed E-state index contributed by atoms with van der Waals surface area (Å²) in [6.45, 7) is 6.42. The average molecular weight is 328 g/mol. The number of pyridine rings is 1. The molecular formula is C18H24N4O2. The van der Waals surface area contributed by atoms with E-state index in [-0.39, 0.29) is 5.91 Å². The van der Waals surface area contributed by atoms with Crippen LogP contribution in [0.2, 0.25) is 0 Å². The van der Waals surface area contributed by atoms with Gasteiger partial charge in [-0.3, -0.25) is 9.63 Å². The smallest absolute Gasteiger partial charge is 0.294 e. The highest BCUT2D eigenvalue weighted by molar-refractivity contribution is 5.98. The number of carbonyl (C=O) groups excluding carboxylic acids is 1. The number of hydrogen-bond acceptors (Lipinski definition) is 4. The second kappa shape index (κ2) is 6.53. The van der Waals surface area contributed by atoms with E-state index in [0.717, 1.165) is 30.5 Å². The van der Waals surface area contributed by atoms with Crippen LogP contribution in [0.1, 0.15) is 36.7 Å². The molecule has 1 atom stereocenters. The van der Waals surface area contributed by atoms with Crippen molar-refractivity contribution >= 4 is 16.9 Å². The van der Waals surface area contributed by atoms with Gasteiger partial charge in [-0.1, -0.05) is 0 Å². The van der Waals surface area contributed by atoms with Gasteiger partial charge in [-0.15, -0.1) is 0 Å². The Balaban J connectivity index is 1.35. The number of fused-ring (bicyclic) bond motifs is 3. The summed E-state index contributed by atoms with van der Waals surface area (Å²) in [5.74, 6) is -0.0613. The molecule has 2 aliphatic heterocycles. The van der Waals surface area contributed by atoms with Gasteiger partial charge in [0.25, 0.3) is 5.91 Å². The molecule has 0 N–H and O–H groups in total. The van der Waals surface area contributed by atoms with Crippen LogP contribution in [0.15, 0.2) is 24.4 Å². The highest BCUT2D eigenvalue weighted by atomic mass is 16.7. The molecule has 2 aromatic heterocycles. The molecule has 6 heteroatoms. The molecular weight excluding hydrogens is 304 g/mol. The number of nitrogens with zero attached hydrogens (tertiary/aromatic N) is 4. The molecule has 0 aliphatic carbocycles. The molecule has 6 nitrogen and oxygen atoms in total. The fraction of sp³-hybridized carbons (Fsp3) is 0.556. The Labute approximate surface area is 142 Å². The van der Waals surface area contributed by atoms with Crippen molar-refractivity contribution < 1.29 is 9.63 Å². The Bertz CT molecular complexity index is 742. The van der Waals surface area contributed by atoms with Crippen LogP contribution in [-0.2, 0) is 11.4 Å². The summed E-state index contributed by atoms with van der Waals surface area (Å²) < 4.78 is 1.99. The molecule has 2 aliphatic rings. The first-order valence-electron chi connectivity index (χ1n) is 8.87. The van der Waals surface area contributed by atoms with Crippen LogP contribution < -0.4 is 0 Å². The van der Waals surface area contributed by atoms with E-state index < -0.39 is 0 Å². The highest BCUT2D eigenvalue weighted by Gasteiger charge is 2.27. The lowest BCUT2D eigenvalue weighted by molar-refractivity contribution is -0.130. The largest absolute Gasteiger partial charge is 0.319 e. The zero-order chi connectivity index (χ0) is 16.5. The Kier molecular flexibility index (Phi) is 4.24. The van der Waals surface area contributed by atoms with E-state index >= 15 is 0 Å². The molecule has 1 fully saturated rings. The van der Waals surface area contributed by atoms with Gasteiger partial charge in [0.2, 0.25) is 0 Å². The van der Waals surface area contributed by atoms with Crippen molar-refractivity contribution in [2.24, 2.45) is 0 Å². The molecule has 0 bridgehead atoms. The summed E-state index contributed by atoms with van der Waals surface area (Å²) in [6.07, 6.45) is 5.32. The van der Waals surface area contributed by atoms with E-state index in [1.165, 1.54) is 24.4 Å². The lowest BCUT2D eigenvalue weighted by Gasteiger charge is -2.28. The summed E-state index contributed by atoms with van der Waals surface area (Å²) in [5.41, 5.74) is 1.55. The van der Waals surface area contributed by atoms with Crippen LogP contribution >= 0.6 is 0 Å². The van der Waals surface area contributed by atoms with E-state index in [9.17, 15) is 4.79 Å². The normalized spacial score (nSPS) is 21.6. The number of aromatic nitrogens is 2. The SMILES string of the molecule is C[C@@H]1CCCN1CCCON1CCn2c(cc3cccnc32)C1=O. The van der Waals surface area contributed by atoms with Gasteiger partial charge in [-0.25, -0.2) is 10.0 Å². The molecule has 0 spiro atoms. The lowest BCUT2D eigenvalue weighted by Crippen LogP contribution is -2.40. The number of likely N-dealkylation sites (tertiary alicyclic amines) is 1. The predicted molar refractivity (Wildman–Crippen MR) is 91.6 cm³/mol. The molecule has 128 valence electrons. The first-order valence-corrected chi connectivity index (χ1v) is 8.87. The van der Waals surface area contributed by atoms with Gasteiger partial charge in [-0.05, 0) is 50.9 Å². The second-order valence-electron chi connectivity index (χ2n) is 6.72. The van der Waals surface area contributed by atoms with E-state index in [1.54, 1.807) is 6.20 Å². The van der Waals surface area contributed by atoms with E-state index in [2.05, 4.69) is 16.8 Å². The van der Waals surface area contributed by atoms with Gasteiger partial charge in [0.1, 0.15) is 11.3 Å². The van der Waals surface area contributed by atoms with E-state index in [1.807, 2.05) is 22.8 Å². The number of hydroxylamine groups is 2. The number of rotatable bonds is 5.